The van der Waals surface area contributed by atoms with Gasteiger partial charge >= 0.3 is 206 Å². The fourth-order valence-corrected chi connectivity index (χ4v) is 15.5. The standard InChI is InChI=1S/C56H67Cl2N4O6P/c1-5-62(41-54(64)59-35-36-61(3)4)56(66)42(2)67-44-32-34-49-50(40-55(65)68-52(49)39-44)48-33-31-43(38-51(48)57)60-53(63)30-22-11-9-7-6-8-10-12-23-37-69(58,45-24-16-13-17-25-45,46-26-18-14-19-27-46)47-28-20-15-21-29-47/h13-21,24-29,31-34,38-40,42H,5-12,22-23,30,35-37,41H2,1-4H3,(H,59,64)(H,60,63)/t42-/m1/s1. The molecular formula is C56H67Cl2N4O6P. The van der Waals surface area contributed by atoms with Gasteiger partial charge in [0.25, 0.3) is 5.91 Å². The van der Waals surface area contributed by atoms with Crippen LogP contribution in [-0.2, 0) is 14.4 Å². The minimum Gasteiger partial charge on any atom is -0.423 e. The first-order chi connectivity index (χ1) is 33.3. The normalized spacial score (nSPS) is 12.5. The van der Waals surface area contributed by atoms with E-state index in [2.05, 4.69) is 102 Å². The monoisotopic (exact) mass is 992 g/mol. The Labute approximate surface area is 417 Å². The Morgan fingerprint density at radius 1 is 0.696 bits per heavy atom. The second kappa shape index (κ2) is 25.4. The summed E-state index contributed by atoms with van der Waals surface area (Å²) in [6.45, 7) is 4.83. The smallest absolute Gasteiger partial charge is 0.336 e. The van der Waals surface area contributed by atoms with Gasteiger partial charge in [-0.2, -0.15) is 0 Å². The SMILES string of the molecule is CCN(CC(=O)NCCN(C)C)C(=O)[C@@H](C)Oc1ccc2c(-c3ccc(NC(=O)CCCCCCCCCCCP(Cl)(c4ccccc4)(c4ccccc4)c4ccccc4)cc3Cl)cc(=O)oc2c1. The number of amides is 3. The number of carbonyl (C=O) groups is 3. The van der Waals surface area contributed by atoms with Crippen molar-refractivity contribution in [1.82, 2.24) is 15.1 Å². The van der Waals surface area contributed by atoms with Gasteiger partial charge in [-0.3, -0.25) is 14.4 Å². The maximum absolute atomic E-state index is 13.2. The number of anilines is 1. The van der Waals surface area contributed by atoms with Crippen molar-refractivity contribution in [2.24, 2.45) is 0 Å². The predicted molar refractivity (Wildman–Crippen MR) is 288 cm³/mol. The van der Waals surface area contributed by atoms with Gasteiger partial charge in [-0.25, -0.2) is 4.79 Å². The van der Waals surface area contributed by atoms with Crippen molar-refractivity contribution >= 4 is 79.1 Å². The van der Waals surface area contributed by atoms with Crippen LogP contribution in [0.5, 0.6) is 5.75 Å². The minimum atomic E-state index is -3.21. The van der Waals surface area contributed by atoms with Gasteiger partial charge in [0.1, 0.15) is 11.3 Å². The number of fused-ring (bicyclic) bond motifs is 1. The number of hydrogen-bond donors (Lipinski definition) is 2. The molecule has 0 aliphatic rings. The van der Waals surface area contributed by atoms with Crippen molar-refractivity contribution in [2.45, 2.75) is 84.2 Å². The van der Waals surface area contributed by atoms with Crippen LogP contribution >= 0.6 is 28.8 Å². The predicted octanol–water partition coefficient (Wildman–Crippen LogP) is 10.9. The largest absolute Gasteiger partial charge is 0.423 e. The van der Waals surface area contributed by atoms with E-state index >= 15 is 0 Å². The molecule has 0 aliphatic heterocycles. The Hall–Kier alpha value is -5.51. The minimum absolute atomic E-state index is 0.0758. The van der Waals surface area contributed by atoms with Crippen LogP contribution < -0.4 is 36.9 Å². The van der Waals surface area contributed by atoms with E-state index in [4.69, 9.17) is 32.0 Å². The summed E-state index contributed by atoms with van der Waals surface area (Å²) in [5.74, 6) is -3.57. The number of halogens is 2. The van der Waals surface area contributed by atoms with Gasteiger partial charge < -0.3 is 29.6 Å². The molecule has 0 saturated heterocycles. The van der Waals surface area contributed by atoms with Crippen molar-refractivity contribution < 1.29 is 23.5 Å². The van der Waals surface area contributed by atoms with Gasteiger partial charge in [-0.15, -0.1) is 0 Å². The van der Waals surface area contributed by atoms with E-state index in [1.54, 1.807) is 50.2 Å². The molecule has 1 atom stereocenters. The van der Waals surface area contributed by atoms with Gasteiger partial charge in [-0.05, 0) is 52.2 Å². The average Bonchev–Trinajstić information content (AvgIpc) is 3.35. The van der Waals surface area contributed by atoms with Crippen molar-refractivity contribution in [1.29, 1.82) is 0 Å². The Kier molecular flexibility index (Phi) is 19.4. The van der Waals surface area contributed by atoms with E-state index in [9.17, 15) is 19.2 Å². The van der Waals surface area contributed by atoms with Crippen LogP contribution in [0.15, 0.2) is 143 Å². The van der Waals surface area contributed by atoms with E-state index in [0.29, 0.717) is 59.0 Å². The van der Waals surface area contributed by atoms with Crippen LogP contribution in [0.4, 0.5) is 5.69 Å². The maximum atomic E-state index is 13.2. The van der Waals surface area contributed by atoms with E-state index in [-0.39, 0.29) is 29.8 Å². The molecule has 6 aromatic rings. The second-order valence-corrected chi connectivity index (χ2v) is 25.0. The molecule has 0 unspecified atom stereocenters. The first-order valence-electron chi connectivity index (χ1n) is 24.2. The van der Waals surface area contributed by atoms with Crippen LogP contribution in [0.3, 0.4) is 0 Å². The molecule has 0 fully saturated rings. The molecule has 3 amide bonds. The summed E-state index contributed by atoms with van der Waals surface area (Å²) in [7, 11) is 3.84. The third-order valence-corrected chi connectivity index (χ3v) is 20.6. The Balaban J connectivity index is 0.934. The molecule has 0 bridgehead atoms. The van der Waals surface area contributed by atoms with Crippen molar-refractivity contribution in [3.63, 3.8) is 0 Å². The van der Waals surface area contributed by atoms with Gasteiger partial charge in [-0.1, -0.05) is 17.7 Å². The molecule has 1 aromatic heterocycles. The van der Waals surface area contributed by atoms with Crippen LogP contribution in [0, 0.1) is 0 Å². The Morgan fingerprint density at radius 2 is 1.26 bits per heavy atom. The zero-order valence-electron chi connectivity index (χ0n) is 40.4. The molecular weight excluding hydrogens is 927 g/mol. The summed E-state index contributed by atoms with van der Waals surface area (Å²) in [6, 6.07) is 43.7. The zero-order chi connectivity index (χ0) is 49.3. The van der Waals surface area contributed by atoms with E-state index < -0.39 is 17.7 Å². The summed E-state index contributed by atoms with van der Waals surface area (Å²) in [5, 5.41) is 10.4. The number of rotatable bonds is 26. The Morgan fingerprint density at radius 3 is 1.81 bits per heavy atom. The van der Waals surface area contributed by atoms with Crippen molar-refractivity contribution in [2.75, 3.05) is 51.8 Å². The molecule has 366 valence electrons. The van der Waals surface area contributed by atoms with Crippen molar-refractivity contribution in [3.05, 3.63) is 149 Å². The first-order valence-corrected chi connectivity index (χ1v) is 27.9. The van der Waals surface area contributed by atoms with E-state index in [1.165, 1.54) is 46.1 Å². The number of nitrogens with zero attached hydrogens (tertiary/aromatic N) is 2. The summed E-state index contributed by atoms with van der Waals surface area (Å²) >= 11 is 15.0. The molecule has 0 radical (unpaired) electrons. The van der Waals surface area contributed by atoms with E-state index in [0.717, 1.165) is 44.7 Å². The van der Waals surface area contributed by atoms with E-state index in [1.807, 2.05) is 19.0 Å². The summed E-state index contributed by atoms with van der Waals surface area (Å²) in [4.78, 5) is 54.8. The third kappa shape index (κ3) is 13.8. The zero-order valence-corrected chi connectivity index (χ0v) is 42.8. The van der Waals surface area contributed by atoms with Gasteiger partial charge in [0, 0.05) is 54.0 Å². The van der Waals surface area contributed by atoms with Crippen LogP contribution in [0.2, 0.25) is 5.02 Å². The van der Waals surface area contributed by atoms with Crippen LogP contribution in [-0.4, -0.2) is 80.1 Å². The number of ether oxygens (including phenoxy) is 1. The second-order valence-electron chi connectivity index (χ2n) is 18.0. The average molecular weight is 994 g/mol. The topological polar surface area (TPSA) is 121 Å². The number of benzene rings is 5. The first kappa shape index (κ1) is 52.9. The number of nitrogens with one attached hydrogen (secondary N) is 2. The fourth-order valence-electron chi connectivity index (χ4n) is 8.96. The summed E-state index contributed by atoms with van der Waals surface area (Å²) in [5.41, 5.74) is 1.39. The Bertz CT molecular complexity index is 2590. The number of hydrogen-bond acceptors (Lipinski definition) is 7. The van der Waals surface area contributed by atoms with Gasteiger partial charge in [0.15, 0.2) is 6.10 Å². The number of likely N-dealkylation sites (N-methyl/N-ethyl adjacent to an activating group) is 2. The fraction of sp³-hybridized carbons (Fsp3) is 0.357. The molecule has 0 aliphatic carbocycles. The van der Waals surface area contributed by atoms with Crippen LogP contribution in [0.1, 0.15) is 78.1 Å². The maximum Gasteiger partial charge on any atom is 0.336 e. The molecule has 13 heteroatoms. The molecule has 10 nitrogen and oxygen atoms in total. The van der Waals surface area contributed by atoms with Gasteiger partial charge in [0.2, 0.25) is 5.91 Å². The molecule has 6 rings (SSSR count). The molecule has 2 N–H and O–H groups in total. The molecule has 69 heavy (non-hydrogen) atoms. The summed E-state index contributed by atoms with van der Waals surface area (Å²) in [6.07, 6.45) is 10.1. The number of carbonyl (C=O) groups excluding carboxylic acids is 3. The number of unbranched alkanes of at least 4 members (excludes halogenated alkanes) is 8. The third-order valence-electron chi connectivity index (χ3n) is 12.7. The molecule has 0 spiro atoms. The van der Waals surface area contributed by atoms with Crippen molar-refractivity contribution in [3.8, 4) is 16.9 Å². The molecule has 5 aromatic carbocycles. The quantitative estimate of drug-likeness (QED) is 0.0315. The molecule has 1 heterocycles. The van der Waals surface area contributed by atoms with Crippen LogP contribution in [0.25, 0.3) is 22.1 Å². The summed E-state index contributed by atoms with van der Waals surface area (Å²) < 4.78 is 11.5. The van der Waals surface area contributed by atoms with Gasteiger partial charge in [0.05, 0.1) is 11.6 Å². The molecule has 0 saturated carbocycles.